The maximum absolute atomic E-state index is 14.1. The molecular formula is C30H37F4N3. The lowest BCUT2D eigenvalue weighted by molar-refractivity contribution is -0.0505. The molecule has 1 saturated heterocycles. The van der Waals surface area contributed by atoms with Crippen LogP contribution < -0.4 is 4.90 Å². The molecule has 3 aliphatic carbocycles. The van der Waals surface area contributed by atoms with Crippen molar-refractivity contribution in [2.75, 3.05) is 18.0 Å². The molecule has 37 heavy (non-hydrogen) atoms. The van der Waals surface area contributed by atoms with Crippen LogP contribution in [0.3, 0.4) is 0 Å². The normalized spacial score (nSPS) is 26.2. The van der Waals surface area contributed by atoms with E-state index < -0.39 is 17.8 Å². The first-order valence-corrected chi connectivity index (χ1v) is 13.5. The number of hydrogen-bond acceptors (Lipinski definition) is 3. The number of anilines is 2. The number of halogens is 4. The highest BCUT2D eigenvalue weighted by molar-refractivity contribution is 5.67. The number of hydrogen-bond donors (Lipinski definition) is 0. The number of rotatable bonds is 8. The number of pyridine rings is 1. The summed E-state index contributed by atoms with van der Waals surface area (Å²) >= 11 is 0. The Morgan fingerprint density at radius 2 is 1.70 bits per heavy atom. The lowest BCUT2D eigenvalue weighted by Gasteiger charge is -2.48. The van der Waals surface area contributed by atoms with Gasteiger partial charge in [-0.1, -0.05) is 25.6 Å². The standard InChI is InChI=1S/C30H37F4N3/c1-5-21-10-13-35-19-27(21)37(24-8-6-23(7-9-24)28(3,31)32)25-11-14-36(15-12-25)20(2)30-16-22(17-30)26(18-30)29(4,33)34/h6-10,13,19,22,25-26H,2,5,11-12,14-18H2,1,3-4H3/t22?,26-,30?/m0/s1. The van der Waals surface area contributed by atoms with E-state index in [0.717, 1.165) is 81.7 Å². The molecule has 3 saturated carbocycles. The van der Waals surface area contributed by atoms with Crippen molar-refractivity contribution in [2.45, 2.75) is 77.2 Å². The molecule has 1 aliphatic heterocycles. The largest absolute Gasteiger partial charge is 0.375 e. The summed E-state index contributed by atoms with van der Waals surface area (Å²) in [5.74, 6) is -5.94. The van der Waals surface area contributed by atoms with Crippen molar-refractivity contribution >= 4 is 11.4 Å². The molecule has 2 bridgehead atoms. The van der Waals surface area contributed by atoms with Gasteiger partial charge in [0.15, 0.2) is 0 Å². The minimum atomic E-state index is -2.89. The average Bonchev–Trinajstić information content (AvgIpc) is 3.43. The Balaban J connectivity index is 1.35. The molecule has 4 fully saturated rings. The van der Waals surface area contributed by atoms with Gasteiger partial charge in [0.1, 0.15) is 0 Å². The van der Waals surface area contributed by atoms with E-state index in [4.69, 9.17) is 0 Å². The number of likely N-dealkylation sites (tertiary alicyclic amines) is 1. The number of aromatic nitrogens is 1. The molecule has 0 radical (unpaired) electrons. The third-order valence-electron chi connectivity index (χ3n) is 9.14. The Hall–Kier alpha value is -2.57. The highest BCUT2D eigenvalue weighted by Crippen LogP contribution is 2.68. The first-order chi connectivity index (χ1) is 17.4. The van der Waals surface area contributed by atoms with Crippen LogP contribution in [0.5, 0.6) is 0 Å². The molecule has 1 aromatic heterocycles. The summed E-state index contributed by atoms with van der Waals surface area (Å²) < 4.78 is 55.9. The van der Waals surface area contributed by atoms with Crippen molar-refractivity contribution in [1.29, 1.82) is 0 Å². The molecule has 2 heterocycles. The van der Waals surface area contributed by atoms with Crippen molar-refractivity contribution in [1.82, 2.24) is 9.88 Å². The average molecular weight is 516 g/mol. The zero-order valence-electron chi connectivity index (χ0n) is 22.0. The summed E-state index contributed by atoms with van der Waals surface area (Å²) in [5, 5.41) is 0. The highest BCUT2D eigenvalue weighted by atomic mass is 19.3. The Morgan fingerprint density at radius 3 is 2.24 bits per heavy atom. The SMILES string of the molecule is C=C(N1CCC(N(c2ccc(C(C)(F)F)cc2)c2cnccc2CC)CC1)C12CC(C1)[C@@H](C(C)(F)F)C2. The molecule has 6 rings (SSSR count). The molecule has 4 aliphatic rings. The third kappa shape index (κ3) is 4.74. The minimum absolute atomic E-state index is 0.00481. The second-order valence-corrected chi connectivity index (χ2v) is 11.5. The van der Waals surface area contributed by atoms with E-state index in [1.165, 1.54) is 12.1 Å². The van der Waals surface area contributed by atoms with Gasteiger partial charge in [-0.05, 0) is 75.1 Å². The molecule has 0 spiro atoms. The van der Waals surface area contributed by atoms with Gasteiger partial charge < -0.3 is 9.80 Å². The van der Waals surface area contributed by atoms with Crippen molar-refractivity contribution in [3.05, 3.63) is 66.1 Å². The Bertz CT molecular complexity index is 1120. The van der Waals surface area contributed by atoms with Gasteiger partial charge >= 0.3 is 0 Å². The smallest absolute Gasteiger partial charge is 0.270 e. The summed E-state index contributed by atoms with van der Waals surface area (Å²) in [6, 6.07) is 8.75. The molecule has 1 aromatic carbocycles. The predicted octanol–water partition coefficient (Wildman–Crippen LogP) is 7.94. The second kappa shape index (κ2) is 9.32. The van der Waals surface area contributed by atoms with Crippen molar-refractivity contribution in [3.63, 3.8) is 0 Å². The van der Waals surface area contributed by atoms with Crippen LogP contribution >= 0.6 is 0 Å². The Labute approximate surface area is 217 Å². The maximum Gasteiger partial charge on any atom is 0.270 e. The monoisotopic (exact) mass is 515 g/mol. The molecule has 7 heteroatoms. The molecular weight excluding hydrogens is 478 g/mol. The predicted molar refractivity (Wildman–Crippen MR) is 139 cm³/mol. The molecule has 2 aromatic rings. The van der Waals surface area contributed by atoms with E-state index in [1.807, 2.05) is 12.3 Å². The van der Waals surface area contributed by atoms with Gasteiger partial charge in [0.2, 0.25) is 5.92 Å². The fourth-order valence-electron chi connectivity index (χ4n) is 7.05. The summed E-state index contributed by atoms with van der Waals surface area (Å²) in [4.78, 5) is 8.95. The van der Waals surface area contributed by atoms with Gasteiger partial charge in [0, 0.05) is 60.5 Å². The van der Waals surface area contributed by atoms with Crippen LogP contribution in [0, 0.1) is 17.3 Å². The van der Waals surface area contributed by atoms with E-state index in [9.17, 15) is 17.6 Å². The maximum atomic E-state index is 14.1. The molecule has 0 N–H and O–H groups in total. The molecule has 0 amide bonds. The molecule has 0 unspecified atom stereocenters. The summed E-state index contributed by atoms with van der Waals surface area (Å²) in [5.41, 5.74) is 3.89. The number of allylic oxidation sites excluding steroid dienone is 1. The fourth-order valence-corrected chi connectivity index (χ4v) is 7.05. The van der Waals surface area contributed by atoms with Gasteiger partial charge in [-0.2, -0.15) is 0 Å². The highest BCUT2D eigenvalue weighted by Gasteiger charge is 2.63. The van der Waals surface area contributed by atoms with Crippen molar-refractivity contribution in [3.8, 4) is 0 Å². The summed E-state index contributed by atoms with van der Waals surface area (Å²) in [7, 11) is 0. The van der Waals surface area contributed by atoms with Crippen molar-refractivity contribution in [2.24, 2.45) is 17.3 Å². The van der Waals surface area contributed by atoms with E-state index in [-0.39, 0.29) is 22.9 Å². The van der Waals surface area contributed by atoms with Gasteiger partial charge in [-0.15, -0.1) is 0 Å². The van der Waals surface area contributed by atoms with Crippen LogP contribution in [-0.4, -0.2) is 34.9 Å². The Morgan fingerprint density at radius 1 is 1.05 bits per heavy atom. The lowest BCUT2D eigenvalue weighted by Crippen LogP contribution is -2.46. The van der Waals surface area contributed by atoms with Gasteiger partial charge in [0.25, 0.3) is 5.92 Å². The number of piperidine rings is 1. The number of aryl methyl sites for hydroxylation is 1. The topological polar surface area (TPSA) is 19.4 Å². The van der Waals surface area contributed by atoms with E-state index in [1.54, 1.807) is 18.3 Å². The van der Waals surface area contributed by atoms with Crippen LogP contribution in [0.15, 0.2) is 55.0 Å². The van der Waals surface area contributed by atoms with Crippen molar-refractivity contribution < 1.29 is 17.6 Å². The molecule has 1 atom stereocenters. The fraction of sp³-hybridized carbons (Fsp3) is 0.567. The number of nitrogens with zero attached hydrogens (tertiary/aromatic N) is 3. The van der Waals surface area contributed by atoms with Crippen LogP contribution in [0.4, 0.5) is 28.9 Å². The van der Waals surface area contributed by atoms with Gasteiger partial charge in [-0.25, -0.2) is 17.6 Å². The molecule has 200 valence electrons. The first-order valence-electron chi connectivity index (χ1n) is 13.5. The first kappa shape index (κ1) is 26.1. The lowest BCUT2D eigenvalue weighted by atomic mass is 9.67. The van der Waals surface area contributed by atoms with Crippen LogP contribution in [-0.2, 0) is 12.3 Å². The third-order valence-corrected chi connectivity index (χ3v) is 9.14. The zero-order chi connectivity index (χ0) is 26.6. The number of fused-ring (bicyclic) bond motifs is 1. The van der Waals surface area contributed by atoms with Gasteiger partial charge in [-0.3, -0.25) is 4.98 Å². The summed E-state index contributed by atoms with van der Waals surface area (Å²) in [6.45, 7) is 10.1. The van der Waals surface area contributed by atoms with Crippen LogP contribution in [0.1, 0.15) is 64.0 Å². The van der Waals surface area contributed by atoms with Crippen LogP contribution in [0.25, 0.3) is 0 Å². The van der Waals surface area contributed by atoms with E-state index in [0.29, 0.717) is 6.42 Å². The molecule has 3 nitrogen and oxygen atoms in total. The van der Waals surface area contributed by atoms with Crippen LogP contribution in [0.2, 0.25) is 0 Å². The van der Waals surface area contributed by atoms with E-state index in [2.05, 4.69) is 28.3 Å². The minimum Gasteiger partial charge on any atom is -0.375 e. The zero-order valence-corrected chi connectivity index (χ0v) is 22.0. The quantitative estimate of drug-likeness (QED) is 0.333. The van der Waals surface area contributed by atoms with Gasteiger partial charge in [0.05, 0.1) is 11.9 Å². The number of alkyl halides is 4. The second-order valence-electron chi connectivity index (χ2n) is 11.5. The number of benzene rings is 1. The summed E-state index contributed by atoms with van der Waals surface area (Å²) in [6.07, 6.45) is 8.40. The Kier molecular flexibility index (Phi) is 6.56. The van der Waals surface area contributed by atoms with E-state index >= 15 is 0 Å².